The van der Waals surface area contributed by atoms with Gasteiger partial charge in [0.15, 0.2) is 0 Å². The predicted octanol–water partition coefficient (Wildman–Crippen LogP) is 1.69. The quantitative estimate of drug-likeness (QED) is 0.611. The van der Waals surface area contributed by atoms with Crippen molar-refractivity contribution in [2.45, 2.75) is 49.9 Å². The van der Waals surface area contributed by atoms with Crippen LogP contribution in [0.3, 0.4) is 0 Å². The highest BCUT2D eigenvalue weighted by Crippen LogP contribution is 2.32. The Hall–Kier alpha value is -1.99. The molecule has 12 heteroatoms. The predicted molar refractivity (Wildman–Crippen MR) is 116 cm³/mol. The Morgan fingerprint density at radius 3 is 2.71 bits per heavy atom. The van der Waals surface area contributed by atoms with Crippen LogP contribution in [0.15, 0.2) is 24.3 Å². The van der Waals surface area contributed by atoms with Crippen LogP contribution in [-0.4, -0.2) is 59.3 Å². The van der Waals surface area contributed by atoms with E-state index in [9.17, 15) is 17.6 Å². The van der Waals surface area contributed by atoms with Crippen molar-refractivity contribution in [3.05, 3.63) is 40.1 Å². The highest BCUT2D eigenvalue weighted by molar-refractivity contribution is 7.89. The molecule has 0 radical (unpaired) electrons. The van der Waals surface area contributed by atoms with Gasteiger partial charge in [0.2, 0.25) is 15.0 Å². The maximum atomic E-state index is 13.3. The summed E-state index contributed by atoms with van der Waals surface area (Å²) in [7, 11) is -3.51. The number of nitrogens with one attached hydrogen (secondary N) is 3. The van der Waals surface area contributed by atoms with Crippen LogP contribution in [0.5, 0.6) is 0 Å². The van der Waals surface area contributed by atoms with Crippen molar-refractivity contribution < 1.29 is 17.6 Å². The van der Waals surface area contributed by atoms with Gasteiger partial charge >= 0.3 is 0 Å². The smallest absolute Gasteiger partial charge is 0.286 e. The van der Waals surface area contributed by atoms with Gasteiger partial charge in [0.05, 0.1) is 0 Å². The van der Waals surface area contributed by atoms with Crippen molar-refractivity contribution in [3.63, 3.8) is 0 Å². The molecule has 4 rings (SSSR count). The van der Waals surface area contributed by atoms with E-state index in [1.165, 1.54) is 18.2 Å². The summed E-state index contributed by atoms with van der Waals surface area (Å²) in [4.78, 5) is 12.4. The Morgan fingerprint density at radius 1 is 1.26 bits per heavy atom. The summed E-state index contributed by atoms with van der Waals surface area (Å²) >= 11 is 1.14. The first-order chi connectivity index (χ1) is 14.8. The fraction of sp³-hybridized carbons (Fsp3) is 0.526. The maximum Gasteiger partial charge on any atom is 0.286 e. The number of hydrazine groups is 1. The number of hydrogen-bond donors (Lipinski definition) is 3. The Bertz CT molecular complexity index is 1050. The van der Waals surface area contributed by atoms with Gasteiger partial charge in [-0.2, -0.15) is 0 Å². The van der Waals surface area contributed by atoms with E-state index in [0.717, 1.165) is 17.8 Å². The van der Waals surface area contributed by atoms with Crippen LogP contribution < -0.4 is 16.2 Å². The number of piperidine rings is 1. The van der Waals surface area contributed by atoms with Gasteiger partial charge in [-0.25, -0.2) is 17.1 Å². The van der Waals surface area contributed by atoms with Crippen molar-refractivity contribution in [1.29, 1.82) is 0 Å². The lowest BCUT2D eigenvalue weighted by molar-refractivity contribution is 0.102. The largest absolute Gasteiger partial charge is 0.320 e. The highest BCUT2D eigenvalue weighted by Gasteiger charge is 2.44. The van der Waals surface area contributed by atoms with Crippen molar-refractivity contribution in [2.75, 3.05) is 18.4 Å². The molecule has 2 aromatic rings. The Labute approximate surface area is 184 Å². The van der Waals surface area contributed by atoms with Gasteiger partial charge in [-0.05, 0) is 44.9 Å². The van der Waals surface area contributed by atoms with E-state index in [0.29, 0.717) is 30.2 Å². The van der Waals surface area contributed by atoms with Crippen molar-refractivity contribution >= 4 is 33.0 Å². The number of halogens is 1. The van der Waals surface area contributed by atoms with E-state index in [1.807, 2.05) is 13.8 Å². The Morgan fingerprint density at radius 2 is 2.00 bits per heavy atom. The van der Waals surface area contributed by atoms with Crippen LogP contribution in [-0.2, 0) is 10.0 Å². The number of carbonyl (C=O) groups excluding carboxylic acids is 1. The zero-order chi connectivity index (χ0) is 22.2. The number of rotatable bonds is 5. The fourth-order valence-electron chi connectivity index (χ4n) is 4.17. The lowest BCUT2D eigenvalue weighted by Crippen LogP contribution is -2.49. The molecule has 0 saturated carbocycles. The van der Waals surface area contributed by atoms with Gasteiger partial charge in [-0.3, -0.25) is 15.6 Å². The molecule has 0 aliphatic carbocycles. The number of carbonyl (C=O) groups is 1. The van der Waals surface area contributed by atoms with Crippen molar-refractivity contribution in [1.82, 2.24) is 25.4 Å². The maximum absolute atomic E-state index is 13.3. The fourth-order valence-corrected chi connectivity index (χ4v) is 7.31. The lowest BCUT2D eigenvalue weighted by Gasteiger charge is -2.34. The molecule has 1 amide bonds. The monoisotopic (exact) mass is 468 g/mol. The van der Waals surface area contributed by atoms with Gasteiger partial charge in [-0.15, -0.1) is 10.2 Å². The second-order valence-corrected chi connectivity index (χ2v) is 11.1. The zero-order valence-corrected chi connectivity index (χ0v) is 18.8. The van der Waals surface area contributed by atoms with Gasteiger partial charge in [0.25, 0.3) is 5.91 Å². The van der Waals surface area contributed by atoms with E-state index >= 15 is 0 Å². The number of aromatic nitrogens is 2. The average molecular weight is 469 g/mol. The summed E-state index contributed by atoms with van der Waals surface area (Å²) in [5.74, 6) is -1.04. The number of benzene rings is 1. The first-order valence-corrected chi connectivity index (χ1v) is 12.5. The molecule has 3 heterocycles. The number of anilines is 1. The average Bonchev–Trinajstić information content (AvgIpc) is 3.35. The molecular weight excluding hydrogens is 443 g/mol. The minimum Gasteiger partial charge on any atom is -0.320 e. The molecule has 2 aliphatic heterocycles. The summed E-state index contributed by atoms with van der Waals surface area (Å²) in [5.41, 5.74) is 6.34. The molecule has 0 spiro atoms. The first kappa shape index (κ1) is 22.2. The van der Waals surface area contributed by atoms with E-state index in [-0.39, 0.29) is 23.0 Å². The molecule has 3 unspecified atom stereocenters. The zero-order valence-electron chi connectivity index (χ0n) is 17.2. The Balaban J connectivity index is 1.46. The molecule has 9 nitrogen and oxygen atoms in total. The molecule has 0 bridgehead atoms. The molecule has 2 fully saturated rings. The second-order valence-electron chi connectivity index (χ2n) is 7.98. The minimum atomic E-state index is -3.51. The number of nitrogens with zero attached hydrogens (tertiary/aromatic N) is 3. The third-order valence-corrected chi connectivity index (χ3v) is 9.32. The van der Waals surface area contributed by atoms with Crippen LogP contribution in [0.1, 0.15) is 47.4 Å². The van der Waals surface area contributed by atoms with Gasteiger partial charge in [0, 0.05) is 36.8 Å². The van der Waals surface area contributed by atoms with Crippen LogP contribution in [0, 0.1) is 5.82 Å². The van der Waals surface area contributed by atoms with Crippen LogP contribution in [0.2, 0.25) is 0 Å². The molecule has 1 aromatic carbocycles. The summed E-state index contributed by atoms with van der Waals surface area (Å²) in [6.45, 7) is 4.50. The molecular formula is C19H25FN6O3S2. The SMILES string of the molecule is CC1NNC(C)C1S(=O)(=O)N1CCCC(c2nnc(C(=O)Nc3cccc(F)c3)s2)C1. The molecule has 2 aliphatic rings. The summed E-state index contributed by atoms with van der Waals surface area (Å²) < 4.78 is 41.4. The van der Waals surface area contributed by atoms with Crippen molar-refractivity contribution in [2.24, 2.45) is 0 Å². The van der Waals surface area contributed by atoms with Crippen LogP contribution >= 0.6 is 11.3 Å². The normalized spacial score (nSPS) is 27.3. The molecule has 3 N–H and O–H groups in total. The van der Waals surface area contributed by atoms with Crippen LogP contribution in [0.4, 0.5) is 10.1 Å². The second kappa shape index (κ2) is 8.87. The third kappa shape index (κ3) is 4.62. The minimum absolute atomic E-state index is 0.121. The van der Waals surface area contributed by atoms with E-state index < -0.39 is 27.0 Å². The standard InChI is InChI=1S/C19H25FN6O3S2/c1-11-16(12(2)23-22-11)31(28,29)26-8-4-5-13(10-26)18-24-25-19(30-18)17(27)21-15-7-3-6-14(20)9-15/h3,6-7,9,11-13,16,22-23H,4-5,8,10H2,1-2H3,(H,21,27). The van der Waals surface area contributed by atoms with E-state index in [1.54, 1.807) is 10.4 Å². The highest BCUT2D eigenvalue weighted by atomic mass is 32.2. The molecule has 31 heavy (non-hydrogen) atoms. The van der Waals surface area contributed by atoms with Gasteiger partial charge < -0.3 is 5.32 Å². The molecule has 168 valence electrons. The van der Waals surface area contributed by atoms with Gasteiger partial charge in [0.1, 0.15) is 16.1 Å². The van der Waals surface area contributed by atoms with Gasteiger partial charge in [-0.1, -0.05) is 17.4 Å². The number of amides is 1. The molecule has 1 aromatic heterocycles. The first-order valence-electron chi connectivity index (χ1n) is 10.2. The summed E-state index contributed by atoms with van der Waals surface area (Å²) in [5, 5.41) is 11.0. The third-order valence-electron chi connectivity index (χ3n) is 5.68. The topological polar surface area (TPSA) is 116 Å². The molecule has 2 saturated heterocycles. The van der Waals surface area contributed by atoms with E-state index in [4.69, 9.17) is 0 Å². The van der Waals surface area contributed by atoms with Crippen LogP contribution in [0.25, 0.3) is 0 Å². The van der Waals surface area contributed by atoms with Crippen molar-refractivity contribution in [3.8, 4) is 0 Å². The molecule has 3 atom stereocenters. The Kier molecular flexibility index (Phi) is 6.35. The summed E-state index contributed by atoms with van der Waals surface area (Å²) in [6, 6.07) is 5.21. The number of sulfonamides is 1. The lowest BCUT2D eigenvalue weighted by atomic mass is 10.0. The van der Waals surface area contributed by atoms with E-state index in [2.05, 4.69) is 26.4 Å². The number of hydrogen-bond acceptors (Lipinski definition) is 8. The summed E-state index contributed by atoms with van der Waals surface area (Å²) in [6.07, 6.45) is 1.49.